The van der Waals surface area contributed by atoms with Crippen LogP contribution in [0.25, 0.3) is 0 Å². The molecule has 1 rings (SSSR count). The van der Waals surface area contributed by atoms with Crippen LogP contribution in [0.15, 0.2) is 0 Å². The zero-order chi connectivity index (χ0) is 12.8. The highest BCUT2D eigenvalue weighted by Crippen LogP contribution is 2.23. The minimum Gasteiger partial charge on any atom is -0.467 e. The van der Waals surface area contributed by atoms with Crippen LogP contribution in [0.4, 0.5) is 4.79 Å². The lowest BCUT2D eigenvalue weighted by atomic mass is 9.87. The summed E-state index contributed by atoms with van der Waals surface area (Å²) in [5.74, 6) is 0.322. The van der Waals surface area contributed by atoms with E-state index in [0.717, 1.165) is 31.6 Å². The number of urea groups is 1. The summed E-state index contributed by atoms with van der Waals surface area (Å²) >= 11 is 0. The molecule has 0 aliphatic heterocycles. The Morgan fingerprint density at radius 1 is 1.24 bits per heavy atom. The first-order valence-corrected chi connectivity index (χ1v) is 6.17. The third-order valence-electron chi connectivity index (χ3n) is 3.25. The van der Waals surface area contributed by atoms with Gasteiger partial charge in [0.1, 0.15) is 6.04 Å². The number of hydrogen-bond acceptors (Lipinski definition) is 3. The van der Waals surface area contributed by atoms with Crippen LogP contribution in [0.2, 0.25) is 0 Å². The summed E-state index contributed by atoms with van der Waals surface area (Å²) in [6, 6.07) is -0.666. The fourth-order valence-electron chi connectivity index (χ4n) is 2.06. The molecule has 1 aliphatic carbocycles. The van der Waals surface area contributed by atoms with E-state index in [9.17, 15) is 9.59 Å². The van der Waals surface area contributed by atoms with Crippen LogP contribution in [0.1, 0.15) is 39.5 Å². The highest BCUT2D eigenvalue weighted by atomic mass is 16.5. The van der Waals surface area contributed by atoms with E-state index >= 15 is 0 Å². The molecule has 0 aromatic heterocycles. The maximum absolute atomic E-state index is 11.6. The van der Waals surface area contributed by atoms with E-state index in [2.05, 4.69) is 22.3 Å². The lowest BCUT2D eigenvalue weighted by Gasteiger charge is -2.27. The summed E-state index contributed by atoms with van der Waals surface area (Å²) in [6.45, 7) is 3.84. The number of methoxy groups -OCH3 is 1. The van der Waals surface area contributed by atoms with Gasteiger partial charge < -0.3 is 15.4 Å². The zero-order valence-corrected chi connectivity index (χ0v) is 10.8. The molecule has 1 fully saturated rings. The molecule has 98 valence electrons. The van der Waals surface area contributed by atoms with Crippen molar-refractivity contribution in [2.75, 3.05) is 7.11 Å². The number of carbonyl (C=O) groups is 2. The molecule has 0 aromatic carbocycles. The second-order valence-corrected chi connectivity index (χ2v) is 4.82. The van der Waals surface area contributed by atoms with Crippen LogP contribution in [0, 0.1) is 5.92 Å². The summed E-state index contributed by atoms with van der Waals surface area (Å²) in [5.41, 5.74) is 0. The average molecular weight is 242 g/mol. The molecule has 5 nitrogen and oxygen atoms in total. The van der Waals surface area contributed by atoms with Crippen molar-refractivity contribution in [2.45, 2.75) is 51.6 Å². The van der Waals surface area contributed by atoms with Gasteiger partial charge in [0.05, 0.1) is 7.11 Å². The standard InChI is InChI=1S/C12H22N2O3/c1-8-4-6-10(7-5-8)14-12(16)13-9(2)11(15)17-3/h8-10H,4-7H2,1-3H3,(H2,13,14,16)/t8?,9-,10?/m0/s1. The predicted molar refractivity (Wildman–Crippen MR) is 64.6 cm³/mol. The molecule has 0 saturated heterocycles. The first kappa shape index (κ1) is 13.8. The summed E-state index contributed by atoms with van der Waals surface area (Å²) in [6.07, 6.45) is 4.33. The van der Waals surface area contributed by atoms with Crippen LogP contribution >= 0.6 is 0 Å². The molecule has 0 radical (unpaired) electrons. The SMILES string of the molecule is COC(=O)[C@H](C)NC(=O)NC1CCC(C)CC1. The molecule has 0 aromatic rings. The average Bonchev–Trinajstić information content (AvgIpc) is 2.30. The number of amides is 2. The Hall–Kier alpha value is -1.26. The largest absolute Gasteiger partial charge is 0.467 e. The van der Waals surface area contributed by atoms with Crippen molar-refractivity contribution in [1.82, 2.24) is 10.6 Å². The fraction of sp³-hybridized carbons (Fsp3) is 0.833. The smallest absolute Gasteiger partial charge is 0.328 e. The molecule has 1 saturated carbocycles. The van der Waals surface area contributed by atoms with E-state index in [1.807, 2.05) is 0 Å². The van der Waals surface area contributed by atoms with Gasteiger partial charge in [0.2, 0.25) is 0 Å². The van der Waals surface area contributed by atoms with Gasteiger partial charge >= 0.3 is 12.0 Å². The van der Waals surface area contributed by atoms with Gasteiger partial charge in [-0.3, -0.25) is 0 Å². The third kappa shape index (κ3) is 4.63. The molecule has 5 heteroatoms. The number of carbonyl (C=O) groups excluding carboxylic acids is 2. The number of nitrogens with one attached hydrogen (secondary N) is 2. The van der Waals surface area contributed by atoms with Crippen molar-refractivity contribution in [3.05, 3.63) is 0 Å². The molecular weight excluding hydrogens is 220 g/mol. The number of rotatable bonds is 3. The molecule has 0 heterocycles. The van der Waals surface area contributed by atoms with Crippen molar-refractivity contribution >= 4 is 12.0 Å². The summed E-state index contributed by atoms with van der Waals surface area (Å²) in [5, 5.41) is 5.46. The maximum atomic E-state index is 11.6. The van der Waals surface area contributed by atoms with Gasteiger partial charge in [-0.25, -0.2) is 9.59 Å². The molecule has 2 amide bonds. The van der Waals surface area contributed by atoms with Crippen LogP contribution in [0.3, 0.4) is 0 Å². The molecule has 1 atom stereocenters. The van der Waals surface area contributed by atoms with Gasteiger partial charge in [0.15, 0.2) is 0 Å². The Kier molecular flexibility index (Phi) is 5.25. The highest BCUT2D eigenvalue weighted by molar-refractivity contribution is 5.83. The summed E-state index contributed by atoms with van der Waals surface area (Å²) in [4.78, 5) is 22.7. The monoisotopic (exact) mass is 242 g/mol. The predicted octanol–water partition coefficient (Wildman–Crippen LogP) is 1.43. The van der Waals surface area contributed by atoms with Crippen LogP contribution in [-0.2, 0) is 9.53 Å². The number of ether oxygens (including phenoxy) is 1. The van der Waals surface area contributed by atoms with Crippen molar-refractivity contribution < 1.29 is 14.3 Å². The van der Waals surface area contributed by atoms with Crippen molar-refractivity contribution in [1.29, 1.82) is 0 Å². The molecule has 2 N–H and O–H groups in total. The molecule has 0 spiro atoms. The molecular formula is C12H22N2O3. The van der Waals surface area contributed by atoms with E-state index in [-0.39, 0.29) is 12.1 Å². The Bertz CT molecular complexity index is 273. The van der Waals surface area contributed by atoms with E-state index in [1.54, 1.807) is 6.92 Å². The van der Waals surface area contributed by atoms with Gasteiger partial charge in [0.25, 0.3) is 0 Å². The zero-order valence-electron chi connectivity index (χ0n) is 10.8. The number of hydrogen-bond donors (Lipinski definition) is 2. The lowest BCUT2D eigenvalue weighted by molar-refractivity contribution is -0.142. The first-order valence-electron chi connectivity index (χ1n) is 6.17. The lowest BCUT2D eigenvalue weighted by Crippen LogP contribution is -2.48. The maximum Gasteiger partial charge on any atom is 0.328 e. The molecule has 17 heavy (non-hydrogen) atoms. The van der Waals surface area contributed by atoms with E-state index < -0.39 is 12.0 Å². The Balaban J connectivity index is 2.27. The Labute approximate surface area is 102 Å². The third-order valence-corrected chi connectivity index (χ3v) is 3.25. The number of esters is 1. The minimum absolute atomic E-state index is 0.232. The molecule has 1 aliphatic rings. The van der Waals surface area contributed by atoms with Crippen molar-refractivity contribution in [3.8, 4) is 0 Å². The van der Waals surface area contributed by atoms with E-state index in [1.165, 1.54) is 7.11 Å². The minimum atomic E-state index is -0.609. The van der Waals surface area contributed by atoms with E-state index in [4.69, 9.17) is 0 Å². The summed E-state index contributed by atoms with van der Waals surface area (Å²) in [7, 11) is 1.31. The van der Waals surface area contributed by atoms with Crippen LogP contribution in [-0.4, -0.2) is 31.2 Å². The topological polar surface area (TPSA) is 67.4 Å². The van der Waals surface area contributed by atoms with Gasteiger partial charge in [-0.2, -0.15) is 0 Å². The van der Waals surface area contributed by atoms with Crippen molar-refractivity contribution in [3.63, 3.8) is 0 Å². The Morgan fingerprint density at radius 3 is 2.35 bits per heavy atom. The second kappa shape index (κ2) is 6.47. The van der Waals surface area contributed by atoms with Crippen LogP contribution < -0.4 is 10.6 Å². The van der Waals surface area contributed by atoms with Gasteiger partial charge in [-0.1, -0.05) is 6.92 Å². The Morgan fingerprint density at radius 2 is 1.82 bits per heavy atom. The van der Waals surface area contributed by atoms with Gasteiger partial charge in [0, 0.05) is 6.04 Å². The molecule has 0 unspecified atom stereocenters. The molecule has 0 bridgehead atoms. The highest BCUT2D eigenvalue weighted by Gasteiger charge is 2.21. The summed E-state index contributed by atoms with van der Waals surface area (Å²) < 4.78 is 4.54. The van der Waals surface area contributed by atoms with Gasteiger partial charge in [-0.05, 0) is 38.5 Å². The normalized spacial score (nSPS) is 25.8. The van der Waals surface area contributed by atoms with Gasteiger partial charge in [-0.15, -0.1) is 0 Å². The quantitative estimate of drug-likeness (QED) is 0.736. The van der Waals surface area contributed by atoms with E-state index in [0.29, 0.717) is 0 Å². The van der Waals surface area contributed by atoms with Crippen molar-refractivity contribution in [2.24, 2.45) is 5.92 Å². The fourth-order valence-corrected chi connectivity index (χ4v) is 2.06. The van der Waals surface area contributed by atoms with Crippen LogP contribution in [0.5, 0.6) is 0 Å². The second-order valence-electron chi connectivity index (χ2n) is 4.82. The first-order chi connectivity index (χ1) is 8.02.